The van der Waals surface area contributed by atoms with Crippen molar-refractivity contribution in [2.24, 2.45) is 0 Å². The second-order valence-corrected chi connectivity index (χ2v) is 7.74. The summed E-state index contributed by atoms with van der Waals surface area (Å²) >= 11 is 0. The summed E-state index contributed by atoms with van der Waals surface area (Å²) in [5.41, 5.74) is 1.62. The molecular weight excluding hydrogens is 400 g/mol. The number of H-pyrrole nitrogens is 1. The van der Waals surface area contributed by atoms with E-state index < -0.39 is 5.69 Å². The summed E-state index contributed by atoms with van der Waals surface area (Å²) in [7, 11) is 0. The number of nitrogens with zero attached hydrogens (tertiary/aromatic N) is 3. The third-order valence-corrected chi connectivity index (χ3v) is 5.37. The Kier molecular flexibility index (Phi) is 5.51. The van der Waals surface area contributed by atoms with E-state index >= 15 is 0 Å². The molecule has 9 nitrogen and oxygen atoms in total. The highest BCUT2D eigenvalue weighted by Crippen LogP contribution is 2.32. The Bertz CT molecular complexity index is 1160. The van der Waals surface area contributed by atoms with Gasteiger partial charge in [-0.05, 0) is 36.2 Å². The fraction of sp³-hybridized carbons (Fsp3) is 0.318. The number of nitrogens with one attached hydrogen (secondary N) is 1. The molecule has 3 N–H and O–H groups in total. The SMILES string of the molecule is CC(C)c1cc(-[n+]2c[nH]c(=O)n2-c2ccc(C(=O)N3CCOCC3)cc2)c(O)cc1O. The fourth-order valence-corrected chi connectivity index (χ4v) is 3.67. The van der Waals surface area contributed by atoms with E-state index in [9.17, 15) is 19.8 Å². The third kappa shape index (κ3) is 3.91. The molecule has 3 aromatic rings. The highest BCUT2D eigenvalue weighted by molar-refractivity contribution is 5.94. The number of hydrogen-bond donors (Lipinski definition) is 3. The molecule has 2 heterocycles. The highest BCUT2D eigenvalue weighted by atomic mass is 16.5. The van der Waals surface area contributed by atoms with Crippen molar-refractivity contribution < 1.29 is 24.4 Å². The Morgan fingerprint density at radius 3 is 2.42 bits per heavy atom. The second kappa shape index (κ2) is 8.27. The number of morpholine rings is 1. The molecule has 1 saturated heterocycles. The molecule has 9 heteroatoms. The minimum Gasteiger partial charge on any atom is -0.508 e. The summed E-state index contributed by atoms with van der Waals surface area (Å²) in [4.78, 5) is 29.6. The number of benzene rings is 2. The van der Waals surface area contributed by atoms with Crippen molar-refractivity contribution in [3.05, 3.63) is 64.3 Å². The van der Waals surface area contributed by atoms with Crippen LogP contribution in [0.25, 0.3) is 11.4 Å². The van der Waals surface area contributed by atoms with Gasteiger partial charge in [-0.25, -0.2) is 4.79 Å². The largest absolute Gasteiger partial charge is 0.508 e. The lowest BCUT2D eigenvalue weighted by molar-refractivity contribution is -0.677. The molecule has 0 saturated carbocycles. The van der Waals surface area contributed by atoms with Gasteiger partial charge in [-0.3, -0.25) is 4.79 Å². The molecule has 4 rings (SSSR count). The summed E-state index contributed by atoms with van der Waals surface area (Å²) in [6.45, 7) is 6.00. The minimum atomic E-state index is -0.411. The van der Waals surface area contributed by atoms with Gasteiger partial charge >= 0.3 is 5.69 Å². The number of phenolic OH excluding ortho intramolecular Hbond substituents is 2. The normalized spacial score (nSPS) is 14.2. The molecule has 162 valence electrons. The van der Waals surface area contributed by atoms with Gasteiger partial charge in [-0.1, -0.05) is 13.8 Å². The minimum absolute atomic E-state index is 0.00717. The monoisotopic (exact) mass is 425 g/mol. The first-order valence-corrected chi connectivity index (χ1v) is 10.1. The number of aromatic nitrogens is 3. The van der Waals surface area contributed by atoms with Crippen molar-refractivity contribution in [2.75, 3.05) is 26.3 Å². The molecule has 0 radical (unpaired) electrons. The molecule has 0 unspecified atom stereocenters. The Labute approximate surface area is 178 Å². The van der Waals surface area contributed by atoms with Crippen LogP contribution in [0.3, 0.4) is 0 Å². The molecule has 1 aromatic heterocycles. The van der Waals surface area contributed by atoms with E-state index in [4.69, 9.17) is 4.74 Å². The number of rotatable bonds is 4. The van der Waals surface area contributed by atoms with Gasteiger partial charge in [-0.15, -0.1) is 9.36 Å². The fourth-order valence-electron chi connectivity index (χ4n) is 3.67. The topological polar surface area (TPSA) is 112 Å². The zero-order valence-electron chi connectivity index (χ0n) is 17.4. The zero-order chi connectivity index (χ0) is 22.1. The molecule has 1 fully saturated rings. The molecule has 0 aliphatic carbocycles. The van der Waals surface area contributed by atoms with Crippen LogP contribution in [0.1, 0.15) is 35.7 Å². The van der Waals surface area contributed by atoms with Crippen molar-refractivity contribution in [2.45, 2.75) is 19.8 Å². The van der Waals surface area contributed by atoms with E-state index in [-0.39, 0.29) is 23.3 Å². The maximum atomic E-state index is 12.7. The third-order valence-electron chi connectivity index (χ3n) is 5.37. The van der Waals surface area contributed by atoms with Gasteiger partial charge in [0.2, 0.25) is 0 Å². The van der Waals surface area contributed by atoms with Gasteiger partial charge in [0.1, 0.15) is 5.75 Å². The van der Waals surface area contributed by atoms with E-state index in [0.29, 0.717) is 48.8 Å². The predicted octanol–water partition coefficient (Wildman–Crippen LogP) is 1.45. The average molecular weight is 425 g/mol. The number of phenols is 2. The Morgan fingerprint density at radius 2 is 1.77 bits per heavy atom. The van der Waals surface area contributed by atoms with Crippen LogP contribution in [0.5, 0.6) is 11.5 Å². The highest BCUT2D eigenvalue weighted by Gasteiger charge is 2.23. The zero-order valence-corrected chi connectivity index (χ0v) is 17.4. The lowest BCUT2D eigenvalue weighted by atomic mass is 10.0. The first-order chi connectivity index (χ1) is 14.9. The summed E-state index contributed by atoms with van der Waals surface area (Å²) < 4.78 is 8.11. The van der Waals surface area contributed by atoms with Gasteiger partial charge in [0.25, 0.3) is 12.2 Å². The van der Waals surface area contributed by atoms with Crippen LogP contribution in [-0.4, -0.2) is 57.0 Å². The standard InChI is InChI=1S/C22H24N4O5/c1-14(2)17-11-18(20(28)12-19(17)27)25-13-23-22(30)26(25)16-5-3-15(4-6-16)21(29)24-7-9-31-10-8-24/h3-6,11-14,27-28H,7-10H2,1-2H3/p+1. The Hall–Kier alpha value is -3.59. The van der Waals surface area contributed by atoms with Gasteiger partial charge in [0.15, 0.2) is 11.4 Å². The number of aromatic amines is 1. The maximum Gasteiger partial charge on any atom is 0.449 e. The van der Waals surface area contributed by atoms with Crippen LogP contribution in [0.4, 0.5) is 0 Å². The lowest BCUT2D eigenvalue weighted by Gasteiger charge is -2.26. The van der Waals surface area contributed by atoms with Crippen LogP contribution in [0, 0.1) is 0 Å². The summed E-state index contributed by atoms with van der Waals surface area (Å²) in [5, 5.41) is 20.5. The van der Waals surface area contributed by atoms with E-state index in [1.807, 2.05) is 13.8 Å². The molecule has 31 heavy (non-hydrogen) atoms. The molecular formula is C22H25N4O5+. The van der Waals surface area contributed by atoms with Gasteiger partial charge in [-0.2, -0.15) is 4.98 Å². The van der Waals surface area contributed by atoms with Crippen molar-refractivity contribution >= 4 is 5.91 Å². The molecule has 0 spiro atoms. The van der Waals surface area contributed by atoms with Gasteiger partial charge < -0.3 is 19.8 Å². The number of hydrogen-bond acceptors (Lipinski definition) is 5. The first-order valence-electron chi connectivity index (χ1n) is 10.1. The molecule has 1 amide bonds. The quantitative estimate of drug-likeness (QED) is 0.548. The van der Waals surface area contributed by atoms with Crippen molar-refractivity contribution in [1.29, 1.82) is 0 Å². The first kappa shape index (κ1) is 20.7. The van der Waals surface area contributed by atoms with Crippen molar-refractivity contribution in [3.8, 4) is 22.9 Å². The molecule has 0 atom stereocenters. The van der Waals surface area contributed by atoms with Crippen molar-refractivity contribution in [3.63, 3.8) is 0 Å². The lowest BCUT2D eigenvalue weighted by Crippen LogP contribution is -2.43. The molecule has 0 bridgehead atoms. The number of carbonyl (C=O) groups is 1. The van der Waals surface area contributed by atoms with E-state index in [0.717, 1.165) is 0 Å². The Morgan fingerprint density at radius 1 is 1.10 bits per heavy atom. The number of amides is 1. The number of ether oxygens (including phenoxy) is 1. The van der Waals surface area contributed by atoms with E-state index in [2.05, 4.69) is 4.98 Å². The van der Waals surface area contributed by atoms with Crippen LogP contribution in [0.15, 0.2) is 47.5 Å². The second-order valence-electron chi connectivity index (χ2n) is 7.74. The number of carbonyl (C=O) groups excluding carboxylic acids is 1. The molecule has 1 aliphatic rings. The number of aromatic hydroxyl groups is 2. The van der Waals surface area contributed by atoms with Crippen molar-refractivity contribution in [1.82, 2.24) is 14.6 Å². The predicted molar refractivity (Wildman–Crippen MR) is 112 cm³/mol. The molecule has 2 aromatic carbocycles. The van der Waals surface area contributed by atoms with E-state index in [1.54, 1.807) is 35.2 Å². The van der Waals surface area contributed by atoms with Crippen LogP contribution >= 0.6 is 0 Å². The van der Waals surface area contributed by atoms with E-state index in [1.165, 1.54) is 21.8 Å². The van der Waals surface area contributed by atoms with Crippen LogP contribution < -0.4 is 10.4 Å². The van der Waals surface area contributed by atoms with Gasteiger partial charge in [0, 0.05) is 30.3 Å². The summed E-state index contributed by atoms with van der Waals surface area (Å²) in [6, 6.07) is 9.62. The molecule has 1 aliphatic heterocycles. The summed E-state index contributed by atoms with van der Waals surface area (Å²) in [5.74, 6) is -0.238. The van der Waals surface area contributed by atoms with Crippen LogP contribution in [0.2, 0.25) is 0 Å². The maximum absolute atomic E-state index is 12.7. The van der Waals surface area contributed by atoms with Crippen LogP contribution in [-0.2, 0) is 4.74 Å². The smallest absolute Gasteiger partial charge is 0.449 e. The van der Waals surface area contributed by atoms with Gasteiger partial charge in [0.05, 0.1) is 18.9 Å². The summed E-state index contributed by atoms with van der Waals surface area (Å²) in [6.07, 6.45) is 1.44. The Balaban J connectivity index is 1.71. The average Bonchev–Trinajstić information content (AvgIpc) is 3.15.